The number of aromatic nitrogens is 1. The SMILES string of the molecule is CC1CC(C)(C)CC(CO)(NCc2ccc(C(=O)N(C)C)[nH]2)C1. The lowest BCUT2D eigenvalue weighted by molar-refractivity contribution is 0.0350. The van der Waals surface area contributed by atoms with E-state index in [4.69, 9.17) is 0 Å². The van der Waals surface area contributed by atoms with E-state index in [2.05, 4.69) is 31.1 Å². The molecule has 1 fully saturated rings. The molecule has 1 aliphatic rings. The van der Waals surface area contributed by atoms with Gasteiger partial charge in [0.25, 0.3) is 5.91 Å². The Bertz CT molecular complexity index is 550. The van der Waals surface area contributed by atoms with Crippen molar-refractivity contribution in [3.05, 3.63) is 23.5 Å². The third-order valence-electron chi connectivity index (χ3n) is 4.80. The van der Waals surface area contributed by atoms with Crippen LogP contribution in [0.3, 0.4) is 0 Å². The zero-order chi connectivity index (χ0) is 17.3. The van der Waals surface area contributed by atoms with Gasteiger partial charge in [0, 0.05) is 31.9 Å². The zero-order valence-corrected chi connectivity index (χ0v) is 15.1. The van der Waals surface area contributed by atoms with Gasteiger partial charge in [0.1, 0.15) is 5.69 Å². The number of H-pyrrole nitrogens is 1. The molecule has 1 saturated carbocycles. The highest BCUT2D eigenvalue weighted by molar-refractivity contribution is 5.92. The van der Waals surface area contributed by atoms with Crippen LogP contribution in [0.15, 0.2) is 12.1 Å². The minimum absolute atomic E-state index is 0.0273. The Morgan fingerprint density at radius 1 is 1.39 bits per heavy atom. The molecule has 2 atom stereocenters. The fourth-order valence-electron chi connectivity index (χ4n) is 4.25. The first-order valence-electron chi connectivity index (χ1n) is 8.42. The molecular formula is C18H31N3O2. The molecule has 3 N–H and O–H groups in total. The number of amides is 1. The number of nitrogens with one attached hydrogen (secondary N) is 2. The van der Waals surface area contributed by atoms with Crippen molar-refractivity contribution in [1.82, 2.24) is 15.2 Å². The number of carbonyl (C=O) groups excluding carboxylic acids is 1. The summed E-state index contributed by atoms with van der Waals surface area (Å²) < 4.78 is 0. The van der Waals surface area contributed by atoms with Crippen LogP contribution in [-0.4, -0.2) is 47.1 Å². The second-order valence-electron chi connectivity index (χ2n) is 8.24. The lowest BCUT2D eigenvalue weighted by atomic mass is 9.64. The fraction of sp³-hybridized carbons (Fsp3) is 0.722. The van der Waals surface area contributed by atoms with E-state index in [1.807, 2.05) is 12.1 Å². The Labute approximate surface area is 139 Å². The predicted octanol–water partition coefficient (Wildman–Crippen LogP) is 2.38. The summed E-state index contributed by atoms with van der Waals surface area (Å²) in [7, 11) is 3.49. The lowest BCUT2D eigenvalue weighted by Crippen LogP contribution is -2.54. The van der Waals surface area contributed by atoms with Crippen LogP contribution in [0.5, 0.6) is 0 Å². The smallest absolute Gasteiger partial charge is 0.269 e. The monoisotopic (exact) mass is 321 g/mol. The van der Waals surface area contributed by atoms with Crippen molar-refractivity contribution in [2.75, 3.05) is 20.7 Å². The van der Waals surface area contributed by atoms with E-state index < -0.39 is 0 Å². The maximum absolute atomic E-state index is 11.9. The molecule has 0 saturated heterocycles. The molecule has 23 heavy (non-hydrogen) atoms. The molecule has 2 rings (SSSR count). The maximum Gasteiger partial charge on any atom is 0.269 e. The van der Waals surface area contributed by atoms with Gasteiger partial charge in [-0.1, -0.05) is 20.8 Å². The topological polar surface area (TPSA) is 68.4 Å². The summed E-state index contributed by atoms with van der Waals surface area (Å²) in [4.78, 5) is 16.7. The molecular weight excluding hydrogens is 290 g/mol. The Hall–Kier alpha value is -1.33. The van der Waals surface area contributed by atoms with Gasteiger partial charge in [-0.2, -0.15) is 0 Å². The van der Waals surface area contributed by atoms with Crippen molar-refractivity contribution in [3.63, 3.8) is 0 Å². The largest absolute Gasteiger partial charge is 0.394 e. The highest BCUT2D eigenvalue weighted by atomic mass is 16.3. The summed E-state index contributed by atoms with van der Waals surface area (Å²) in [5, 5.41) is 13.6. The van der Waals surface area contributed by atoms with E-state index >= 15 is 0 Å². The summed E-state index contributed by atoms with van der Waals surface area (Å²) in [5.41, 5.74) is 1.56. The average Bonchev–Trinajstić information content (AvgIpc) is 2.91. The molecule has 0 spiro atoms. The van der Waals surface area contributed by atoms with Gasteiger partial charge in [-0.05, 0) is 42.7 Å². The summed E-state index contributed by atoms with van der Waals surface area (Å²) in [5.74, 6) is 0.563. The molecule has 0 bridgehead atoms. The molecule has 130 valence electrons. The molecule has 5 nitrogen and oxygen atoms in total. The summed E-state index contributed by atoms with van der Waals surface area (Å²) in [6.07, 6.45) is 3.14. The number of aliphatic hydroxyl groups is 1. The number of rotatable bonds is 5. The number of nitrogens with zero attached hydrogens (tertiary/aromatic N) is 1. The standard InChI is InChI=1S/C18H31N3O2/c1-13-8-17(2,3)11-18(9-13,12-22)19-10-14-6-7-15(20-14)16(23)21(4)5/h6-7,13,19-20,22H,8-12H2,1-5H3. The molecule has 1 aromatic heterocycles. The quantitative estimate of drug-likeness (QED) is 0.780. The normalized spacial score (nSPS) is 27.0. The third kappa shape index (κ3) is 4.36. The predicted molar refractivity (Wildman–Crippen MR) is 92.3 cm³/mol. The van der Waals surface area contributed by atoms with Crippen LogP contribution >= 0.6 is 0 Å². The summed E-state index contributed by atoms with van der Waals surface area (Å²) >= 11 is 0. The first-order valence-corrected chi connectivity index (χ1v) is 8.42. The van der Waals surface area contributed by atoms with Crippen LogP contribution in [-0.2, 0) is 6.54 Å². The lowest BCUT2D eigenvalue weighted by Gasteiger charge is -2.47. The Morgan fingerprint density at radius 2 is 2.09 bits per heavy atom. The Balaban J connectivity index is 2.05. The fourth-order valence-corrected chi connectivity index (χ4v) is 4.25. The van der Waals surface area contributed by atoms with Crippen LogP contribution < -0.4 is 5.32 Å². The Morgan fingerprint density at radius 3 is 2.65 bits per heavy atom. The maximum atomic E-state index is 11.9. The highest BCUT2D eigenvalue weighted by Crippen LogP contribution is 2.43. The average molecular weight is 321 g/mol. The van der Waals surface area contributed by atoms with E-state index in [1.165, 1.54) is 6.42 Å². The van der Waals surface area contributed by atoms with Gasteiger partial charge in [-0.25, -0.2) is 0 Å². The zero-order valence-electron chi connectivity index (χ0n) is 15.1. The molecule has 2 unspecified atom stereocenters. The molecule has 0 radical (unpaired) electrons. The molecule has 1 aliphatic carbocycles. The number of hydrogen-bond acceptors (Lipinski definition) is 3. The highest BCUT2D eigenvalue weighted by Gasteiger charge is 2.42. The second kappa shape index (κ2) is 6.65. The van der Waals surface area contributed by atoms with Crippen LogP contribution in [0.2, 0.25) is 0 Å². The molecule has 5 heteroatoms. The van der Waals surface area contributed by atoms with Gasteiger partial charge in [-0.15, -0.1) is 0 Å². The number of carbonyl (C=O) groups is 1. The minimum Gasteiger partial charge on any atom is -0.394 e. The van der Waals surface area contributed by atoms with Crippen molar-refractivity contribution in [3.8, 4) is 0 Å². The molecule has 0 aliphatic heterocycles. The van der Waals surface area contributed by atoms with E-state index in [0.29, 0.717) is 18.2 Å². The van der Waals surface area contributed by atoms with Crippen molar-refractivity contribution >= 4 is 5.91 Å². The summed E-state index contributed by atoms with van der Waals surface area (Å²) in [6.45, 7) is 7.58. The third-order valence-corrected chi connectivity index (χ3v) is 4.80. The van der Waals surface area contributed by atoms with Gasteiger partial charge in [0.05, 0.1) is 6.61 Å². The molecule has 0 aromatic carbocycles. The number of aliphatic hydroxyl groups excluding tert-OH is 1. The number of hydrogen-bond donors (Lipinski definition) is 3. The number of aromatic amines is 1. The Kier molecular flexibility index (Phi) is 5.21. The van der Waals surface area contributed by atoms with Gasteiger partial charge < -0.3 is 20.3 Å². The van der Waals surface area contributed by atoms with Gasteiger partial charge in [0.15, 0.2) is 0 Å². The molecule has 1 aromatic rings. The molecule has 1 amide bonds. The molecule has 1 heterocycles. The van der Waals surface area contributed by atoms with E-state index in [1.54, 1.807) is 19.0 Å². The van der Waals surface area contributed by atoms with Crippen molar-refractivity contribution in [2.45, 2.75) is 52.1 Å². The van der Waals surface area contributed by atoms with Crippen molar-refractivity contribution in [2.24, 2.45) is 11.3 Å². The van der Waals surface area contributed by atoms with Gasteiger partial charge in [-0.3, -0.25) is 4.79 Å². The van der Waals surface area contributed by atoms with Gasteiger partial charge >= 0.3 is 0 Å². The van der Waals surface area contributed by atoms with E-state index in [9.17, 15) is 9.90 Å². The first kappa shape index (κ1) is 18.0. The van der Waals surface area contributed by atoms with Crippen molar-refractivity contribution in [1.29, 1.82) is 0 Å². The van der Waals surface area contributed by atoms with E-state index in [-0.39, 0.29) is 23.5 Å². The van der Waals surface area contributed by atoms with Crippen LogP contribution in [0.25, 0.3) is 0 Å². The first-order chi connectivity index (χ1) is 10.7. The van der Waals surface area contributed by atoms with Crippen LogP contribution in [0.1, 0.15) is 56.2 Å². The van der Waals surface area contributed by atoms with Crippen LogP contribution in [0.4, 0.5) is 0 Å². The summed E-state index contributed by atoms with van der Waals surface area (Å²) in [6, 6.07) is 3.75. The second-order valence-corrected chi connectivity index (χ2v) is 8.24. The van der Waals surface area contributed by atoms with Gasteiger partial charge in [0.2, 0.25) is 0 Å². The van der Waals surface area contributed by atoms with Crippen molar-refractivity contribution < 1.29 is 9.90 Å². The minimum atomic E-state index is -0.238. The van der Waals surface area contributed by atoms with E-state index in [0.717, 1.165) is 18.5 Å². The van der Waals surface area contributed by atoms with Crippen LogP contribution in [0, 0.1) is 11.3 Å².